The number of hydrogen-bond donors (Lipinski definition) is 2. The maximum Gasteiger partial charge on any atom is 0.261 e. The molecule has 0 aliphatic heterocycles. The molecular formula is C15H20N4OS2. The molecule has 2 aromatic rings. The van der Waals surface area contributed by atoms with Gasteiger partial charge in [0.05, 0.1) is 4.88 Å². The molecule has 0 saturated heterocycles. The zero-order valence-electron chi connectivity index (χ0n) is 12.6. The summed E-state index contributed by atoms with van der Waals surface area (Å²) < 4.78 is 0. The van der Waals surface area contributed by atoms with Crippen LogP contribution in [0.2, 0.25) is 0 Å². The lowest BCUT2D eigenvalue weighted by Crippen LogP contribution is -2.23. The lowest BCUT2D eigenvalue weighted by Gasteiger charge is -2.16. The number of nitrogen functional groups attached to an aromatic ring is 1. The van der Waals surface area contributed by atoms with Gasteiger partial charge in [0.15, 0.2) is 0 Å². The van der Waals surface area contributed by atoms with E-state index in [1.165, 1.54) is 28.2 Å². The molecule has 0 bridgehead atoms. The fourth-order valence-corrected chi connectivity index (χ4v) is 4.49. The number of thiophene rings is 1. The van der Waals surface area contributed by atoms with Crippen LogP contribution >= 0.6 is 22.7 Å². The zero-order valence-corrected chi connectivity index (χ0v) is 14.2. The van der Waals surface area contributed by atoms with E-state index in [2.05, 4.69) is 28.5 Å². The first-order valence-corrected chi connectivity index (χ1v) is 9.22. The average Bonchev–Trinajstić information content (AvgIpc) is 3.09. The molecule has 0 aromatic carbocycles. The molecule has 7 heteroatoms. The summed E-state index contributed by atoms with van der Waals surface area (Å²) in [7, 11) is 0. The van der Waals surface area contributed by atoms with Gasteiger partial charge in [-0.3, -0.25) is 4.79 Å². The molecule has 0 unspecified atom stereocenters. The van der Waals surface area contributed by atoms with Crippen LogP contribution in [-0.2, 0) is 19.3 Å². The van der Waals surface area contributed by atoms with Crippen LogP contribution < -0.4 is 11.1 Å². The van der Waals surface area contributed by atoms with Crippen molar-refractivity contribution in [3.8, 4) is 0 Å². The molecule has 1 aliphatic carbocycles. The van der Waals surface area contributed by atoms with Crippen LogP contribution in [0.4, 0.5) is 5.13 Å². The van der Waals surface area contributed by atoms with Gasteiger partial charge in [-0.1, -0.05) is 18.3 Å². The van der Waals surface area contributed by atoms with Crippen molar-refractivity contribution in [3.05, 3.63) is 26.4 Å². The largest absolute Gasteiger partial charge is 0.374 e. The van der Waals surface area contributed by atoms with Crippen LogP contribution in [0.3, 0.4) is 0 Å². The molecule has 3 rings (SSSR count). The van der Waals surface area contributed by atoms with E-state index in [4.69, 9.17) is 5.73 Å². The second kappa shape index (κ2) is 6.75. The van der Waals surface area contributed by atoms with Crippen LogP contribution in [0, 0.1) is 5.92 Å². The molecular weight excluding hydrogens is 316 g/mol. The maximum atomic E-state index is 12.2. The number of nitrogens with one attached hydrogen (secondary N) is 1. The van der Waals surface area contributed by atoms with E-state index < -0.39 is 0 Å². The fourth-order valence-electron chi connectivity index (χ4n) is 2.71. The van der Waals surface area contributed by atoms with Gasteiger partial charge in [0, 0.05) is 17.8 Å². The first-order chi connectivity index (χ1) is 10.6. The minimum Gasteiger partial charge on any atom is -0.374 e. The number of fused-ring (bicyclic) bond motifs is 1. The van der Waals surface area contributed by atoms with E-state index in [9.17, 15) is 4.79 Å². The van der Waals surface area contributed by atoms with E-state index in [-0.39, 0.29) is 5.91 Å². The lowest BCUT2D eigenvalue weighted by molar-refractivity contribution is 0.0957. The van der Waals surface area contributed by atoms with Crippen molar-refractivity contribution in [2.24, 2.45) is 5.92 Å². The number of aryl methyl sites for hydroxylation is 2. The highest BCUT2D eigenvalue weighted by Gasteiger charge is 2.20. The summed E-state index contributed by atoms with van der Waals surface area (Å²) in [5.41, 5.74) is 6.91. The number of nitrogens with zero attached hydrogens (tertiary/aromatic N) is 2. The van der Waals surface area contributed by atoms with Gasteiger partial charge in [-0.15, -0.1) is 21.5 Å². The Balaban J connectivity index is 1.48. The van der Waals surface area contributed by atoms with Gasteiger partial charge >= 0.3 is 0 Å². The Bertz CT molecular complexity index is 664. The molecule has 1 atom stereocenters. The van der Waals surface area contributed by atoms with Crippen molar-refractivity contribution >= 4 is 33.7 Å². The number of carbonyl (C=O) groups is 1. The predicted molar refractivity (Wildman–Crippen MR) is 90.5 cm³/mol. The van der Waals surface area contributed by atoms with Gasteiger partial charge in [0.2, 0.25) is 5.13 Å². The zero-order chi connectivity index (χ0) is 15.5. The first-order valence-electron chi connectivity index (χ1n) is 7.59. The summed E-state index contributed by atoms with van der Waals surface area (Å²) in [5.74, 6) is 0.779. The van der Waals surface area contributed by atoms with Gasteiger partial charge in [0.1, 0.15) is 5.01 Å². The number of aromatic nitrogens is 2. The van der Waals surface area contributed by atoms with E-state index in [1.54, 1.807) is 11.3 Å². The molecule has 1 aliphatic rings. The van der Waals surface area contributed by atoms with Crippen molar-refractivity contribution in [1.82, 2.24) is 15.5 Å². The summed E-state index contributed by atoms with van der Waals surface area (Å²) in [6.45, 7) is 2.93. The van der Waals surface area contributed by atoms with Crippen molar-refractivity contribution < 1.29 is 4.79 Å². The Labute approximate surface area is 138 Å². The molecule has 0 fully saturated rings. The van der Waals surface area contributed by atoms with Crippen molar-refractivity contribution in [3.63, 3.8) is 0 Å². The molecule has 0 radical (unpaired) electrons. The third-order valence-corrected chi connectivity index (χ3v) is 5.94. The third kappa shape index (κ3) is 3.64. The minimum absolute atomic E-state index is 0.0452. The Morgan fingerprint density at radius 3 is 3.09 bits per heavy atom. The quantitative estimate of drug-likeness (QED) is 0.823. The Kier molecular flexibility index (Phi) is 4.73. The first kappa shape index (κ1) is 15.4. The predicted octanol–water partition coefficient (Wildman–Crippen LogP) is 2.67. The van der Waals surface area contributed by atoms with Gasteiger partial charge in [-0.25, -0.2) is 0 Å². The summed E-state index contributed by atoms with van der Waals surface area (Å²) >= 11 is 3.06. The summed E-state index contributed by atoms with van der Waals surface area (Å²) in [4.78, 5) is 14.5. The van der Waals surface area contributed by atoms with Gasteiger partial charge in [-0.2, -0.15) is 0 Å². The van der Waals surface area contributed by atoms with E-state index in [1.807, 2.05) is 0 Å². The van der Waals surface area contributed by atoms with Gasteiger partial charge in [0.25, 0.3) is 5.91 Å². The molecule has 22 heavy (non-hydrogen) atoms. The van der Waals surface area contributed by atoms with E-state index in [0.29, 0.717) is 11.7 Å². The normalized spacial score (nSPS) is 17.2. The summed E-state index contributed by atoms with van der Waals surface area (Å²) in [6, 6.07) is 2.08. The highest BCUT2D eigenvalue weighted by Crippen LogP contribution is 2.32. The van der Waals surface area contributed by atoms with E-state index in [0.717, 1.165) is 41.5 Å². The number of amides is 1. The second-order valence-corrected chi connectivity index (χ2v) is 8.03. The molecule has 5 nitrogen and oxygen atoms in total. The van der Waals surface area contributed by atoms with E-state index >= 15 is 0 Å². The standard InChI is InChI=1S/C15H20N4OS2/c1-9-4-5-11-10(7-9)8-12(21-11)14(20)17-6-2-3-13-18-19-15(16)22-13/h8-9H,2-7H2,1H3,(H2,16,19)(H,17,20)/t9-/m0/s1. The smallest absolute Gasteiger partial charge is 0.261 e. The van der Waals surface area contributed by atoms with Crippen LogP contribution in [0.15, 0.2) is 6.07 Å². The van der Waals surface area contributed by atoms with Crippen molar-refractivity contribution in [1.29, 1.82) is 0 Å². The van der Waals surface area contributed by atoms with Crippen LogP contribution in [0.25, 0.3) is 0 Å². The average molecular weight is 336 g/mol. The summed E-state index contributed by atoms with van der Waals surface area (Å²) in [5, 5.41) is 12.2. The molecule has 0 spiro atoms. The lowest BCUT2D eigenvalue weighted by atomic mass is 9.90. The maximum absolute atomic E-state index is 12.2. The minimum atomic E-state index is 0.0452. The molecule has 2 heterocycles. The number of hydrogen-bond acceptors (Lipinski definition) is 6. The SMILES string of the molecule is C[C@H]1CCc2sc(C(=O)NCCCc3nnc(N)s3)cc2C1. The number of nitrogens with two attached hydrogens (primary N) is 1. The molecule has 3 N–H and O–H groups in total. The molecule has 1 amide bonds. The topological polar surface area (TPSA) is 80.9 Å². The van der Waals surface area contributed by atoms with Crippen molar-refractivity contribution in [2.75, 3.05) is 12.3 Å². The van der Waals surface area contributed by atoms with Crippen molar-refractivity contribution in [2.45, 2.75) is 39.0 Å². The van der Waals surface area contributed by atoms with Crippen LogP contribution in [0.5, 0.6) is 0 Å². The highest BCUT2D eigenvalue weighted by molar-refractivity contribution is 7.15. The fraction of sp³-hybridized carbons (Fsp3) is 0.533. The Morgan fingerprint density at radius 1 is 1.45 bits per heavy atom. The molecule has 0 saturated carbocycles. The monoisotopic (exact) mass is 336 g/mol. The number of anilines is 1. The Hall–Kier alpha value is -1.47. The van der Waals surface area contributed by atoms with Gasteiger partial charge < -0.3 is 11.1 Å². The highest BCUT2D eigenvalue weighted by atomic mass is 32.1. The third-order valence-electron chi connectivity index (χ3n) is 3.89. The van der Waals surface area contributed by atoms with Crippen LogP contribution in [0.1, 0.15) is 44.9 Å². The number of rotatable bonds is 5. The summed E-state index contributed by atoms with van der Waals surface area (Å²) in [6.07, 6.45) is 5.11. The number of carbonyl (C=O) groups excluding carboxylic acids is 1. The Morgan fingerprint density at radius 2 is 2.32 bits per heavy atom. The second-order valence-electron chi connectivity index (χ2n) is 5.80. The molecule has 118 valence electrons. The van der Waals surface area contributed by atoms with Gasteiger partial charge in [-0.05, 0) is 43.2 Å². The van der Waals surface area contributed by atoms with Crippen LogP contribution in [-0.4, -0.2) is 22.6 Å². The molecule has 2 aromatic heterocycles.